The second-order valence-corrected chi connectivity index (χ2v) is 13.6. The number of hydrogen-bond donors (Lipinski definition) is 0. The lowest BCUT2D eigenvalue weighted by Crippen LogP contribution is -2.41. The molecule has 1 nitrogen and oxygen atoms in total. The van der Waals surface area contributed by atoms with E-state index in [-0.39, 0.29) is 0 Å². The van der Waals surface area contributed by atoms with Crippen LogP contribution in [0.2, 0.25) is 18.1 Å². The molecular formula is C16H31IOSi. The van der Waals surface area contributed by atoms with Crippen molar-refractivity contribution in [3.63, 3.8) is 0 Å². The van der Waals surface area contributed by atoms with Crippen LogP contribution in [0, 0.1) is 11.8 Å². The Labute approximate surface area is 134 Å². The zero-order chi connectivity index (χ0) is 14.8. The van der Waals surface area contributed by atoms with Crippen molar-refractivity contribution >= 4 is 30.9 Å². The van der Waals surface area contributed by atoms with E-state index >= 15 is 0 Å². The first-order valence-corrected chi connectivity index (χ1v) is 11.5. The Bertz CT molecular complexity index is 341. The Morgan fingerprint density at radius 3 is 2.37 bits per heavy atom. The van der Waals surface area contributed by atoms with Gasteiger partial charge in [-0.1, -0.05) is 33.3 Å². The smallest absolute Gasteiger partial charge is 0.191 e. The Balaban J connectivity index is 2.42. The summed E-state index contributed by atoms with van der Waals surface area (Å²) in [6.07, 6.45) is 3.86. The fourth-order valence-corrected chi connectivity index (χ4v) is 4.64. The van der Waals surface area contributed by atoms with E-state index in [2.05, 4.69) is 70.3 Å². The van der Waals surface area contributed by atoms with Crippen molar-refractivity contribution in [3.8, 4) is 0 Å². The first kappa shape index (κ1) is 17.7. The Kier molecular flexibility index (Phi) is 6.15. The van der Waals surface area contributed by atoms with Crippen LogP contribution in [-0.2, 0) is 4.43 Å². The van der Waals surface area contributed by atoms with E-state index in [1.54, 1.807) is 9.15 Å². The number of halogens is 1. The van der Waals surface area contributed by atoms with Crippen LogP contribution in [0.1, 0.15) is 53.9 Å². The molecular weight excluding hydrogens is 363 g/mol. The highest BCUT2D eigenvalue weighted by molar-refractivity contribution is 14.1. The van der Waals surface area contributed by atoms with Gasteiger partial charge in [-0.15, -0.1) is 0 Å². The molecule has 0 amide bonds. The summed E-state index contributed by atoms with van der Waals surface area (Å²) in [5, 5.41) is 0.328. The van der Waals surface area contributed by atoms with Gasteiger partial charge in [0.2, 0.25) is 0 Å². The van der Waals surface area contributed by atoms with Crippen molar-refractivity contribution in [1.29, 1.82) is 0 Å². The average molecular weight is 394 g/mol. The molecule has 0 fully saturated rings. The van der Waals surface area contributed by atoms with Crippen LogP contribution in [0.4, 0.5) is 0 Å². The van der Waals surface area contributed by atoms with Gasteiger partial charge in [-0.25, -0.2) is 0 Å². The van der Waals surface area contributed by atoms with Crippen LogP contribution in [0.5, 0.6) is 0 Å². The molecule has 0 saturated heterocycles. The molecule has 19 heavy (non-hydrogen) atoms. The Morgan fingerprint density at radius 1 is 1.37 bits per heavy atom. The van der Waals surface area contributed by atoms with E-state index < -0.39 is 8.32 Å². The summed E-state index contributed by atoms with van der Waals surface area (Å²) in [4.78, 5) is 0. The van der Waals surface area contributed by atoms with Gasteiger partial charge in [0.25, 0.3) is 0 Å². The molecule has 0 bridgehead atoms. The van der Waals surface area contributed by atoms with Gasteiger partial charge in [0.05, 0.1) is 0 Å². The predicted octanol–water partition coefficient (Wildman–Crippen LogP) is 6.15. The second kappa shape index (κ2) is 6.61. The molecule has 0 unspecified atom stereocenters. The summed E-state index contributed by atoms with van der Waals surface area (Å²) in [5.41, 5.74) is 1.61. The third-order valence-electron chi connectivity index (χ3n) is 5.09. The van der Waals surface area contributed by atoms with E-state index in [9.17, 15) is 0 Å². The van der Waals surface area contributed by atoms with E-state index in [4.69, 9.17) is 4.43 Å². The summed E-state index contributed by atoms with van der Waals surface area (Å²) in [7, 11) is -1.56. The van der Waals surface area contributed by atoms with E-state index in [0.29, 0.717) is 5.04 Å². The molecule has 0 aromatic carbocycles. The third kappa shape index (κ3) is 4.56. The molecule has 0 heterocycles. The maximum Gasteiger partial charge on any atom is 0.191 e. The largest absolute Gasteiger partial charge is 0.417 e. The maximum absolute atomic E-state index is 6.31. The molecule has 112 valence electrons. The fourth-order valence-electron chi connectivity index (χ4n) is 2.39. The summed E-state index contributed by atoms with van der Waals surface area (Å²) in [6.45, 7) is 17.3. The van der Waals surface area contributed by atoms with Crippen molar-refractivity contribution in [3.05, 3.63) is 9.15 Å². The number of allylic oxidation sites excluding steroid dienone is 2. The van der Waals surface area contributed by atoms with Crippen molar-refractivity contribution in [2.24, 2.45) is 11.8 Å². The van der Waals surface area contributed by atoms with Crippen LogP contribution in [0.3, 0.4) is 0 Å². The highest BCUT2D eigenvalue weighted by Gasteiger charge is 2.37. The molecule has 3 heteroatoms. The van der Waals surface area contributed by atoms with Gasteiger partial charge in [0, 0.05) is 6.61 Å². The monoisotopic (exact) mass is 394 g/mol. The Hall–Kier alpha value is 0.647. The van der Waals surface area contributed by atoms with Crippen LogP contribution < -0.4 is 0 Å². The third-order valence-corrected chi connectivity index (χ3v) is 11.4. The summed E-state index contributed by atoms with van der Waals surface area (Å²) >= 11 is 2.56. The molecule has 0 saturated carbocycles. The molecule has 0 radical (unpaired) electrons. The molecule has 1 aliphatic rings. The van der Waals surface area contributed by atoms with Crippen molar-refractivity contribution in [2.75, 3.05) is 6.61 Å². The molecule has 0 N–H and O–H groups in total. The summed E-state index contributed by atoms with van der Waals surface area (Å²) < 4.78 is 7.93. The lowest BCUT2D eigenvalue weighted by Gasteiger charge is -2.36. The lowest BCUT2D eigenvalue weighted by atomic mass is 9.91. The minimum atomic E-state index is -1.56. The highest BCUT2D eigenvalue weighted by Crippen LogP contribution is 2.42. The lowest BCUT2D eigenvalue weighted by molar-refractivity contribution is 0.242. The summed E-state index contributed by atoms with van der Waals surface area (Å²) in [5.74, 6) is 1.55. The van der Waals surface area contributed by atoms with Crippen molar-refractivity contribution in [1.82, 2.24) is 0 Å². The normalized spacial score (nSPS) is 23.1. The van der Waals surface area contributed by atoms with Gasteiger partial charge in [-0.05, 0) is 82.3 Å². The van der Waals surface area contributed by atoms with Crippen LogP contribution >= 0.6 is 22.6 Å². The zero-order valence-electron chi connectivity index (χ0n) is 13.8. The first-order valence-electron chi connectivity index (χ1n) is 7.55. The standard InChI is InChI=1S/C16H31IOSi/c1-12(14-9-8-13(2)15(14)17)10-11-18-19(6,7)16(3,4)5/h12,14H,8-11H2,1-7H3/t12-,14+/m0/s1. The fraction of sp³-hybridized carbons (Fsp3) is 0.875. The first-order chi connectivity index (χ1) is 8.56. The molecule has 0 spiro atoms. The van der Waals surface area contributed by atoms with Crippen LogP contribution in [0.25, 0.3) is 0 Å². The Morgan fingerprint density at radius 2 is 1.95 bits per heavy atom. The minimum absolute atomic E-state index is 0.328. The van der Waals surface area contributed by atoms with Crippen LogP contribution in [-0.4, -0.2) is 14.9 Å². The van der Waals surface area contributed by atoms with E-state index in [1.165, 1.54) is 19.3 Å². The quantitative estimate of drug-likeness (QED) is 0.401. The van der Waals surface area contributed by atoms with Gasteiger partial charge < -0.3 is 4.43 Å². The number of rotatable bonds is 5. The highest BCUT2D eigenvalue weighted by atomic mass is 127. The van der Waals surface area contributed by atoms with E-state index in [1.807, 2.05) is 0 Å². The predicted molar refractivity (Wildman–Crippen MR) is 96.4 cm³/mol. The van der Waals surface area contributed by atoms with Gasteiger partial charge in [0.1, 0.15) is 0 Å². The van der Waals surface area contributed by atoms with Crippen molar-refractivity contribution in [2.45, 2.75) is 72.0 Å². The van der Waals surface area contributed by atoms with Gasteiger partial charge in [0.15, 0.2) is 8.32 Å². The van der Waals surface area contributed by atoms with Gasteiger partial charge in [-0.3, -0.25) is 0 Å². The molecule has 1 aliphatic carbocycles. The van der Waals surface area contributed by atoms with Gasteiger partial charge in [-0.2, -0.15) is 0 Å². The number of hydrogen-bond acceptors (Lipinski definition) is 1. The molecule has 2 atom stereocenters. The molecule has 0 aromatic rings. The molecule has 0 aromatic heterocycles. The van der Waals surface area contributed by atoms with E-state index in [0.717, 1.165) is 18.4 Å². The average Bonchev–Trinajstić information content (AvgIpc) is 2.57. The van der Waals surface area contributed by atoms with Crippen LogP contribution in [0.15, 0.2) is 9.15 Å². The topological polar surface area (TPSA) is 9.23 Å². The van der Waals surface area contributed by atoms with Gasteiger partial charge >= 0.3 is 0 Å². The SMILES string of the molecule is CC1=C(I)[C@@H]([C@@H](C)CCO[Si](C)(C)C(C)(C)C)CC1. The minimum Gasteiger partial charge on any atom is -0.417 e. The maximum atomic E-state index is 6.31. The zero-order valence-corrected chi connectivity index (χ0v) is 16.9. The second-order valence-electron chi connectivity index (χ2n) is 7.65. The molecule has 0 aliphatic heterocycles. The van der Waals surface area contributed by atoms with Crippen molar-refractivity contribution < 1.29 is 4.43 Å². The summed E-state index contributed by atoms with van der Waals surface area (Å²) in [6, 6.07) is 0. The molecule has 1 rings (SSSR count).